The Balaban J connectivity index is 1.59. The van der Waals surface area contributed by atoms with E-state index in [9.17, 15) is 14.9 Å². The number of non-ortho nitro benzene ring substituents is 1. The van der Waals surface area contributed by atoms with Gasteiger partial charge in [-0.05, 0) is 30.7 Å². The van der Waals surface area contributed by atoms with Crippen LogP contribution in [-0.2, 0) is 16.0 Å². The monoisotopic (exact) mass is 406 g/mol. The maximum Gasteiger partial charge on any atom is 0.269 e. The molecule has 1 fully saturated rings. The van der Waals surface area contributed by atoms with Crippen LogP contribution in [0.15, 0.2) is 60.8 Å². The lowest BCUT2D eigenvalue weighted by molar-refractivity contribution is -0.384. The number of hydrogen-bond acceptors (Lipinski definition) is 5. The highest BCUT2D eigenvalue weighted by Crippen LogP contribution is 2.26. The number of amides is 1. The van der Waals surface area contributed by atoms with Gasteiger partial charge in [0.25, 0.3) is 5.69 Å². The lowest BCUT2D eigenvalue weighted by Gasteiger charge is -2.09. The van der Waals surface area contributed by atoms with Crippen molar-refractivity contribution in [1.29, 1.82) is 0 Å². The zero-order chi connectivity index (χ0) is 20.9. The van der Waals surface area contributed by atoms with Gasteiger partial charge in [-0.25, -0.2) is 4.68 Å². The van der Waals surface area contributed by atoms with Gasteiger partial charge in [-0.2, -0.15) is 5.10 Å². The molecular weight excluding hydrogens is 384 g/mol. The average Bonchev–Trinajstić information content (AvgIpc) is 3.43. The molecule has 154 valence electrons. The van der Waals surface area contributed by atoms with E-state index >= 15 is 0 Å². The summed E-state index contributed by atoms with van der Waals surface area (Å²) in [6.45, 7) is 2.02. The number of carbonyl (C=O) groups is 1. The van der Waals surface area contributed by atoms with Crippen LogP contribution in [0.25, 0.3) is 16.9 Å². The molecule has 1 aliphatic rings. The van der Waals surface area contributed by atoms with Gasteiger partial charge >= 0.3 is 0 Å². The van der Waals surface area contributed by atoms with E-state index in [2.05, 4.69) is 10.4 Å². The number of hydrogen-bond donors (Lipinski definition) is 1. The SMILES string of the molecule is O=C(Cc1cn(-c2ccccc2)nc1-c1ccc([N+](=O)[O-])cc1)NCC1CCOC1. The molecule has 8 nitrogen and oxygen atoms in total. The Morgan fingerprint density at radius 1 is 1.20 bits per heavy atom. The zero-order valence-electron chi connectivity index (χ0n) is 16.4. The minimum absolute atomic E-state index is 0.0133. The summed E-state index contributed by atoms with van der Waals surface area (Å²) in [5.74, 6) is 0.271. The smallest absolute Gasteiger partial charge is 0.269 e. The fourth-order valence-electron chi connectivity index (χ4n) is 3.47. The summed E-state index contributed by atoms with van der Waals surface area (Å²) in [4.78, 5) is 23.1. The van der Waals surface area contributed by atoms with Crippen molar-refractivity contribution in [3.8, 4) is 16.9 Å². The Labute approximate surface area is 173 Å². The highest BCUT2D eigenvalue weighted by atomic mass is 16.6. The molecule has 0 radical (unpaired) electrons. The molecule has 8 heteroatoms. The summed E-state index contributed by atoms with van der Waals surface area (Å²) in [6, 6.07) is 15.8. The van der Waals surface area contributed by atoms with Gasteiger partial charge in [0.05, 0.1) is 29.3 Å². The van der Waals surface area contributed by atoms with E-state index in [-0.39, 0.29) is 18.0 Å². The minimum atomic E-state index is -0.437. The summed E-state index contributed by atoms with van der Waals surface area (Å²) >= 11 is 0. The van der Waals surface area contributed by atoms with Crippen molar-refractivity contribution < 1.29 is 14.5 Å². The number of carbonyl (C=O) groups excluding carboxylic acids is 1. The Morgan fingerprint density at radius 2 is 1.97 bits per heavy atom. The summed E-state index contributed by atoms with van der Waals surface area (Å²) in [7, 11) is 0. The number of nitrogens with zero attached hydrogens (tertiary/aromatic N) is 3. The first-order valence-electron chi connectivity index (χ1n) is 9.83. The van der Waals surface area contributed by atoms with Crippen LogP contribution in [0.1, 0.15) is 12.0 Å². The summed E-state index contributed by atoms with van der Waals surface area (Å²) in [6.07, 6.45) is 2.97. The highest BCUT2D eigenvalue weighted by molar-refractivity contribution is 5.81. The molecular formula is C22H22N4O4. The topological polar surface area (TPSA) is 99.3 Å². The molecule has 1 aliphatic heterocycles. The molecule has 1 saturated heterocycles. The molecule has 1 amide bonds. The van der Waals surface area contributed by atoms with Gasteiger partial charge in [0.2, 0.25) is 5.91 Å². The predicted octanol–water partition coefficient (Wildman–Crippen LogP) is 3.14. The van der Waals surface area contributed by atoms with E-state index in [4.69, 9.17) is 4.74 Å². The largest absolute Gasteiger partial charge is 0.381 e. The van der Waals surface area contributed by atoms with Gasteiger partial charge in [-0.15, -0.1) is 0 Å². The van der Waals surface area contributed by atoms with Gasteiger partial charge in [-0.3, -0.25) is 14.9 Å². The number of aromatic nitrogens is 2. The standard InChI is InChI=1S/C22H22N4O4/c27-21(23-13-16-10-11-30-15-16)12-18-14-25(19-4-2-1-3-5-19)24-22(18)17-6-8-20(9-7-17)26(28)29/h1-9,14,16H,10-13,15H2,(H,23,27). The predicted molar refractivity (Wildman–Crippen MR) is 111 cm³/mol. The third kappa shape index (κ3) is 4.55. The van der Waals surface area contributed by atoms with E-state index in [1.165, 1.54) is 12.1 Å². The molecule has 30 heavy (non-hydrogen) atoms. The van der Waals surface area contributed by atoms with Crippen LogP contribution in [0.4, 0.5) is 5.69 Å². The average molecular weight is 406 g/mol. The zero-order valence-corrected chi connectivity index (χ0v) is 16.4. The van der Waals surface area contributed by atoms with Crippen LogP contribution in [0.3, 0.4) is 0 Å². The van der Waals surface area contributed by atoms with Gasteiger partial charge in [0.15, 0.2) is 0 Å². The maximum atomic E-state index is 12.6. The molecule has 2 heterocycles. The Kier molecular flexibility index (Phi) is 5.85. The number of ether oxygens (including phenoxy) is 1. The quantitative estimate of drug-likeness (QED) is 0.480. The maximum absolute atomic E-state index is 12.6. The third-order valence-corrected chi connectivity index (χ3v) is 5.13. The van der Waals surface area contributed by atoms with Crippen molar-refractivity contribution in [2.75, 3.05) is 19.8 Å². The van der Waals surface area contributed by atoms with Crippen molar-refractivity contribution in [2.45, 2.75) is 12.8 Å². The third-order valence-electron chi connectivity index (χ3n) is 5.13. The lowest BCUT2D eigenvalue weighted by atomic mass is 10.0. The molecule has 2 aromatic carbocycles. The number of nitrogens with one attached hydrogen (secondary N) is 1. The van der Waals surface area contributed by atoms with Crippen molar-refractivity contribution in [3.63, 3.8) is 0 Å². The normalized spacial score (nSPS) is 15.8. The number of nitro groups is 1. The van der Waals surface area contributed by atoms with E-state index in [0.29, 0.717) is 24.8 Å². The van der Waals surface area contributed by atoms with Crippen molar-refractivity contribution in [2.24, 2.45) is 5.92 Å². The van der Waals surface area contributed by atoms with Crippen LogP contribution in [-0.4, -0.2) is 40.4 Å². The second kappa shape index (κ2) is 8.87. The molecule has 0 saturated carbocycles. The first-order valence-corrected chi connectivity index (χ1v) is 9.83. The number of benzene rings is 2. The van der Waals surface area contributed by atoms with Crippen molar-refractivity contribution >= 4 is 11.6 Å². The molecule has 1 atom stereocenters. The summed E-state index contributed by atoms with van der Waals surface area (Å²) < 4.78 is 7.08. The van der Waals surface area contributed by atoms with E-state index < -0.39 is 4.92 Å². The summed E-state index contributed by atoms with van der Waals surface area (Å²) in [5.41, 5.74) is 3.00. The minimum Gasteiger partial charge on any atom is -0.381 e. The summed E-state index contributed by atoms with van der Waals surface area (Å²) in [5, 5.41) is 18.6. The van der Waals surface area contributed by atoms with Crippen molar-refractivity contribution in [1.82, 2.24) is 15.1 Å². The fourth-order valence-corrected chi connectivity index (χ4v) is 3.47. The molecule has 3 aromatic rings. The van der Waals surface area contributed by atoms with Gasteiger partial charge < -0.3 is 10.1 Å². The second-order valence-electron chi connectivity index (χ2n) is 7.30. The molecule has 0 bridgehead atoms. The Bertz CT molecular complexity index is 1030. The van der Waals surface area contributed by atoms with E-state index in [1.54, 1.807) is 16.8 Å². The molecule has 0 aliphatic carbocycles. The molecule has 1 aromatic heterocycles. The van der Waals surface area contributed by atoms with Crippen LogP contribution in [0.5, 0.6) is 0 Å². The first-order chi connectivity index (χ1) is 14.6. The second-order valence-corrected chi connectivity index (χ2v) is 7.30. The highest BCUT2D eigenvalue weighted by Gasteiger charge is 2.19. The number of rotatable bonds is 7. The van der Waals surface area contributed by atoms with Gasteiger partial charge in [0.1, 0.15) is 0 Å². The van der Waals surface area contributed by atoms with Crippen LogP contribution in [0.2, 0.25) is 0 Å². The molecule has 1 unspecified atom stereocenters. The van der Waals surface area contributed by atoms with E-state index in [0.717, 1.165) is 29.8 Å². The number of para-hydroxylation sites is 1. The van der Waals surface area contributed by atoms with Crippen LogP contribution < -0.4 is 5.32 Å². The van der Waals surface area contributed by atoms with Crippen LogP contribution in [0, 0.1) is 16.0 Å². The Hall–Kier alpha value is -3.52. The molecule has 1 N–H and O–H groups in total. The van der Waals surface area contributed by atoms with Crippen LogP contribution >= 0.6 is 0 Å². The lowest BCUT2D eigenvalue weighted by Crippen LogP contribution is -2.30. The van der Waals surface area contributed by atoms with E-state index in [1.807, 2.05) is 36.5 Å². The Morgan fingerprint density at radius 3 is 2.63 bits per heavy atom. The van der Waals surface area contributed by atoms with Gasteiger partial charge in [-0.1, -0.05) is 18.2 Å². The van der Waals surface area contributed by atoms with Crippen molar-refractivity contribution in [3.05, 3.63) is 76.5 Å². The number of nitro benzene ring substituents is 1. The first kappa shape index (κ1) is 19.8. The van der Waals surface area contributed by atoms with Gasteiger partial charge in [0, 0.05) is 48.5 Å². The fraction of sp³-hybridized carbons (Fsp3) is 0.273. The molecule has 0 spiro atoms. The molecule has 4 rings (SSSR count).